The van der Waals surface area contributed by atoms with Gasteiger partial charge in [0, 0.05) is 30.8 Å². The van der Waals surface area contributed by atoms with Crippen LogP contribution in [0.5, 0.6) is 11.5 Å². The van der Waals surface area contributed by atoms with E-state index in [-0.39, 0.29) is 30.4 Å². The van der Waals surface area contributed by atoms with E-state index >= 15 is 0 Å². The standard InChI is InChI=1S/C27H33N3O5/c1-17(2)15-28-26(32)24(29-25(31)20-6-4-18(3)5-7-20)19-10-12-30(13-11-19)27(33)21-8-9-22-23(14-21)35-16-34-22/h4-9,14,17,19,24H,10-13,15-16H2,1-3H3,(H,28,32)(H,29,31)/t24-/m1/s1. The molecule has 1 saturated heterocycles. The summed E-state index contributed by atoms with van der Waals surface area (Å²) < 4.78 is 10.7. The number of nitrogens with zero attached hydrogens (tertiary/aromatic N) is 1. The second-order valence-corrected chi connectivity index (χ2v) is 9.65. The summed E-state index contributed by atoms with van der Waals surface area (Å²) in [5.41, 5.74) is 2.13. The van der Waals surface area contributed by atoms with Crippen molar-refractivity contribution in [2.45, 2.75) is 39.7 Å². The number of carbonyl (C=O) groups excluding carboxylic acids is 3. The lowest BCUT2D eigenvalue weighted by atomic mass is 9.88. The molecule has 0 spiro atoms. The third-order valence-electron chi connectivity index (χ3n) is 6.49. The van der Waals surface area contributed by atoms with Gasteiger partial charge in [0.15, 0.2) is 11.5 Å². The monoisotopic (exact) mass is 479 g/mol. The predicted molar refractivity (Wildman–Crippen MR) is 131 cm³/mol. The molecule has 2 aliphatic heterocycles. The zero-order chi connectivity index (χ0) is 24.9. The lowest BCUT2D eigenvalue weighted by Crippen LogP contribution is -2.54. The van der Waals surface area contributed by atoms with Crippen molar-refractivity contribution in [2.24, 2.45) is 11.8 Å². The van der Waals surface area contributed by atoms with Gasteiger partial charge in [0.1, 0.15) is 6.04 Å². The number of rotatable bonds is 7. The van der Waals surface area contributed by atoms with E-state index in [2.05, 4.69) is 10.6 Å². The molecule has 0 unspecified atom stereocenters. The van der Waals surface area contributed by atoms with E-state index < -0.39 is 6.04 Å². The van der Waals surface area contributed by atoms with Crippen LogP contribution in [0.15, 0.2) is 42.5 Å². The summed E-state index contributed by atoms with van der Waals surface area (Å²) in [5.74, 6) is 0.914. The molecular weight excluding hydrogens is 446 g/mol. The SMILES string of the molecule is Cc1ccc(C(=O)N[C@@H](C(=O)NCC(C)C)C2CCN(C(=O)c3ccc4c(c3)OCO4)CC2)cc1. The molecule has 0 bridgehead atoms. The van der Waals surface area contributed by atoms with E-state index in [9.17, 15) is 14.4 Å². The fourth-order valence-corrected chi connectivity index (χ4v) is 4.39. The highest BCUT2D eigenvalue weighted by Gasteiger charge is 2.34. The third-order valence-corrected chi connectivity index (χ3v) is 6.49. The van der Waals surface area contributed by atoms with Crippen LogP contribution < -0.4 is 20.1 Å². The Morgan fingerprint density at radius 1 is 0.971 bits per heavy atom. The molecule has 0 aromatic heterocycles. The van der Waals surface area contributed by atoms with Gasteiger partial charge >= 0.3 is 0 Å². The molecule has 2 heterocycles. The van der Waals surface area contributed by atoms with Gasteiger partial charge in [-0.15, -0.1) is 0 Å². The van der Waals surface area contributed by atoms with E-state index in [0.717, 1.165) is 5.56 Å². The molecule has 186 valence electrons. The van der Waals surface area contributed by atoms with Gasteiger partial charge < -0.3 is 25.0 Å². The molecule has 1 fully saturated rings. The van der Waals surface area contributed by atoms with Crippen molar-refractivity contribution in [1.82, 2.24) is 15.5 Å². The molecule has 2 aliphatic rings. The number of nitrogens with one attached hydrogen (secondary N) is 2. The van der Waals surface area contributed by atoms with E-state index in [1.807, 2.05) is 32.9 Å². The first-order chi connectivity index (χ1) is 16.8. The summed E-state index contributed by atoms with van der Waals surface area (Å²) in [6.07, 6.45) is 1.23. The van der Waals surface area contributed by atoms with Crippen molar-refractivity contribution in [2.75, 3.05) is 26.4 Å². The van der Waals surface area contributed by atoms with Crippen LogP contribution >= 0.6 is 0 Å². The molecule has 0 aliphatic carbocycles. The van der Waals surface area contributed by atoms with Gasteiger partial charge in [-0.25, -0.2) is 0 Å². The fraction of sp³-hybridized carbons (Fsp3) is 0.444. The van der Waals surface area contributed by atoms with Crippen molar-refractivity contribution in [3.63, 3.8) is 0 Å². The van der Waals surface area contributed by atoms with Gasteiger partial charge in [-0.2, -0.15) is 0 Å². The molecule has 8 nitrogen and oxygen atoms in total. The van der Waals surface area contributed by atoms with Crippen LogP contribution in [-0.2, 0) is 4.79 Å². The Morgan fingerprint density at radius 3 is 2.31 bits per heavy atom. The maximum atomic E-state index is 13.1. The number of amides is 3. The van der Waals surface area contributed by atoms with Crippen molar-refractivity contribution in [1.29, 1.82) is 0 Å². The smallest absolute Gasteiger partial charge is 0.253 e. The maximum absolute atomic E-state index is 13.1. The Kier molecular flexibility index (Phi) is 7.58. The Balaban J connectivity index is 1.42. The predicted octanol–water partition coefficient (Wildman–Crippen LogP) is 3.15. The highest BCUT2D eigenvalue weighted by Crippen LogP contribution is 2.33. The molecule has 1 atom stereocenters. The summed E-state index contributed by atoms with van der Waals surface area (Å²) in [4.78, 5) is 40.9. The average molecular weight is 480 g/mol. The minimum Gasteiger partial charge on any atom is -0.454 e. The number of piperidine rings is 1. The summed E-state index contributed by atoms with van der Waals surface area (Å²) in [7, 11) is 0. The maximum Gasteiger partial charge on any atom is 0.253 e. The lowest BCUT2D eigenvalue weighted by molar-refractivity contribution is -0.124. The van der Waals surface area contributed by atoms with Gasteiger partial charge in [-0.1, -0.05) is 31.5 Å². The Morgan fingerprint density at radius 2 is 1.63 bits per heavy atom. The molecule has 2 N–H and O–H groups in total. The molecule has 3 amide bonds. The van der Waals surface area contributed by atoms with E-state index in [1.165, 1.54) is 0 Å². The number of fused-ring (bicyclic) bond motifs is 1. The van der Waals surface area contributed by atoms with Crippen molar-refractivity contribution in [3.8, 4) is 11.5 Å². The first-order valence-corrected chi connectivity index (χ1v) is 12.2. The van der Waals surface area contributed by atoms with E-state index in [1.54, 1.807) is 35.2 Å². The first-order valence-electron chi connectivity index (χ1n) is 12.2. The Labute approximate surface area is 206 Å². The van der Waals surface area contributed by atoms with Crippen LogP contribution in [0.3, 0.4) is 0 Å². The molecule has 2 aromatic rings. The molecular formula is C27H33N3O5. The summed E-state index contributed by atoms with van der Waals surface area (Å²) in [6, 6.07) is 11.8. The second kappa shape index (κ2) is 10.8. The quantitative estimate of drug-likeness (QED) is 0.636. The fourth-order valence-electron chi connectivity index (χ4n) is 4.39. The lowest BCUT2D eigenvalue weighted by Gasteiger charge is -2.36. The molecule has 0 saturated carbocycles. The van der Waals surface area contributed by atoms with Crippen molar-refractivity contribution < 1.29 is 23.9 Å². The number of hydrogen-bond acceptors (Lipinski definition) is 5. The van der Waals surface area contributed by atoms with Crippen molar-refractivity contribution in [3.05, 3.63) is 59.2 Å². The minimum atomic E-state index is -0.662. The summed E-state index contributed by atoms with van der Waals surface area (Å²) in [5, 5.41) is 5.93. The van der Waals surface area contributed by atoms with Crippen LogP contribution in [0.25, 0.3) is 0 Å². The molecule has 0 radical (unpaired) electrons. The zero-order valence-corrected chi connectivity index (χ0v) is 20.5. The van der Waals surface area contributed by atoms with E-state index in [0.29, 0.717) is 61.0 Å². The molecule has 8 heteroatoms. The number of likely N-dealkylation sites (tertiary alicyclic amines) is 1. The Hall–Kier alpha value is -3.55. The Bertz CT molecular complexity index is 1070. The molecule has 35 heavy (non-hydrogen) atoms. The zero-order valence-electron chi connectivity index (χ0n) is 20.5. The van der Waals surface area contributed by atoms with Crippen LogP contribution in [0.4, 0.5) is 0 Å². The second-order valence-electron chi connectivity index (χ2n) is 9.65. The number of aryl methyl sites for hydroxylation is 1. The summed E-state index contributed by atoms with van der Waals surface area (Å²) >= 11 is 0. The van der Waals surface area contributed by atoms with Gasteiger partial charge in [0.05, 0.1) is 0 Å². The first kappa shape index (κ1) is 24.6. The third kappa shape index (κ3) is 5.93. The number of carbonyl (C=O) groups is 3. The number of ether oxygens (including phenoxy) is 2. The highest BCUT2D eigenvalue weighted by atomic mass is 16.7. The molecule has 4 rings (SSSR count). The number of hydrogen-bond donors (Lipinski definition) is 2. The minimum absolute atomic E-state index is 0.0719. The van der Waals surface area contributed by atoms with E-state index in [4.69, 9.17) is 9.47 Å². The molecule has 2 aromatic carbocycles. The van der Waals surface area contributed by atoms with Crippen LogP contribution in [0, 0.1) is 18.8 Å². The largest absolute Gasteiger partial charge is 0.454 e. The van der Waals surface area contributed by atoms with Crippen molar-refractivity contribution >= 4 is 17.7 Å². The van der Waals surface area contributed by atoms with Gasteiger partial charge in [0.25, 0.3) is 11.8 Å². The van der Waals surface area contributed by atoms with Gasteiger partial charge in [-0.05, 0) is 61.9 Å². The van der Waals surface area contributed by atoms with Crippen LogP contribution in [-0.4, -0.2) is 55.1 Å². The average Bonchev–Trinajstić information content (AvgIpc) is 3.34. The summed E-state index contributed by atoms with van der Waals surface area (Å²) in [6.45, 7) is 7.73. The van der Waals surface area contributed by atoms with Crippen LogP contribution in [0.1, 0.15) is 53.0 Å². The van der Waals surface area contributed by atoms with Gasteiger partial charge in [-0.3, -0.25) is 14.4 Å². The normalized spacial score (nSPS) is 16.2. The topological polar surface area (TPSA) is 97.0 Å². The van der Waals surface area contributed by atoms with Crippen LogP contribution in [0.2, 0.25) is 0 Å². The van der Waals surface area contributed by atoms with Gasteiger partial charge in [0.2, 0.25) is 12.7 Å². The number of benzene rings is 2. The highest BCUT2D eigenvalue weighted by molar-refractivity contribution is 5.98.